The molecular formula is C21H22Cl2IN3O2. The maximum absolute atomic E-state index is 12.8. The number of amides is 2. The first-order chi connectivity index (χ1) is 13.9. The lowest BCUT2D eigenvalue weighted by molar-refractivity contribution is -0.131. The highest BCUT2D eigenvalue weighted by Crippen LogP contribution is 2.31. The topological polar surface area (TPSA) is 52.7 Å². The molecule has 1 heterocycles. The second-order valence-corrected chi connectivity index (χ2v) is 8.95. The van der Waals surface area contributed by atoms with Crippen LogP contribution in [0.15, 0.2) is 36.4 Å². The van der Waals surface area contributed by atoms with Crippen molar-refractivity contribution in [3.8, 4) is 0 Å². The molecule has 2 aromatic rings. The molecule has 1 saturated heterocycles. The quantitative estimate of drug-likeness (QED) is 0.519. The molecule has 0 unspecified atom stereocenters. The highest BCUT2D eigenvalue weighted by Gasteiger charge is 2.23. The van der Waals surface area contributed by atoms with Crippen LogP contribution in [0.25, 0.3) is 0 Å². The summed E-state index contributed by atoms with van der Waals surface area (Å²) in [4.78, 5) is 29.0. The minimum Gasteiger partial charge on any atom is -0.366 e. The molecule has 0 bridgehead atoms. The van der Waals surface area contributed by atoms with E-state index in [4.69, 9.17) is 23.2 Å². The predicted octanol–water partition coefficient (Wildman–Crippen LogP) is 5.30. The summed E-state index contributed by atoms with van der Waals surface area (Å²) in [6.45, 7) is 4.74. The second-order valence-electron chi connectivity index (χ2n) is 6.86. The summed E-state index contributed by atoms with van der Waals surface area (Å²) in [6, 6.07) is 10.8. The van der Waals surface area contributed by atoms with Crippen LogP contribution in [0, 0.1) is 3.57 Å². The molecule has 29 heavy (non-hydrogen) atoms. The second kappa shape index (κ2) is 10.00. The van der Waals surface area contributed by atoms with Gasteiger partial charge in [-0.3, -0.25) is 9.59 Å². The molecular weight excluding hydrogens is 524 g/mol. The third-order valence-electron chi connectivity index (χ3n) is 4.82. The average Bonchev–Trinajstić information content (AvgIpc) is 2.70. The summed E-state index contributed by atoms with van der Waals surface area (Å²) in [5.41, 5.74) is 1.93. The normalized spacial score (nSPS) is 14.1. The maximum Gasteiger partial charge on any atom is 0.257 e. The van der Waals surface area contributed by atoms with Crippen LogP contribution in [-0.2, 0) is 4.79 Å². The van der Waals surface area contributed by atoms with E-state index >= 15 is 0 Å². The monoisotopic (exact) mass is 545 g/mol. The lowest BCUT2D eigenvalue weighted by atomic mass is 10.1. The number of hydrogen-bond donors (Lipinski definition) is 1. The Kier molecular flexibility index (Phi) is 7.65. The first-order valence-electron chi connectivity index (χ1n) is 9.47. The van der Waals surface area contributed by atoms with Crippen LogP contribution < -0.4 is 10.2 Å². The number of halogens is 3. The van der Waals surface area contributed by atoms with Crippen LogP contribution in [0.5, 0.6) is 0 Å². The number of rotatable bonds is 5. The predicted molar refractivity (Wildman–Crippen MR) is 127 cm³/mol. The smallest absolute Gasteiger partial charge is 0.257 e. The van der Waals surface area contributed by atoms with Gasteiger partial charge in [-0.05, 0) is 65.4 Å². The molecule has 5 nitrogen and oxygen atoms in total. The zero-order valence-corrected chi connectivity index (χ0v) is 19.7. The molecule has 0 spiro atoms. The minimum atomic E-state index is -0.284. The van der Waals surface area contributed by atoms with Gasteiger partial charge in [0.15, 0.2) is 0 Å². The molecule has 2 amide bonds. The molecule has 1 fully saturated rings. The third kappa shape index (κ3) is 5.55. The van der Waals surface area contributed by atoms with Gasteiger partial charge in [0.1, 0.15) is 0 Å². The number of nitrogens with one attached hydrogen (secondary N) is 1. The van der Waals surface area contributed by atoms with E-state index < -0.39 is 0 Å². The van der Waals surface area contributed by atoms with Crippen molar-refractivity contribution < 1.29 is 9.59 Å². The molecule has 0 radical (unpaired) electrons. The van der Waals surface area contributed by atoms with Gasteiger partial charge in [-0.2, -0.15) is 0 Å². The van der Waals surface area contributed by atoms with Crippen LogP contribution in [0.2, 0.25) is 10.0 Å². The summed E-state index contributed by atoms with van der Waals surface area (Å²) in [5, 5.41) is 3.89. The first kappa shape index (κ1) is 22.2. The fraction of sp³-hybridized carbons (Fsp3) is 0.333. The van der Waals surface area contributed by atoms with E-state index in [1.165, 1.54) is 0 Å². The van der Waals surface area contributed by atoms with E-state index in [1.807, 2.05) is 24.0 Å². The molecule has 0 atom stereocenters. The van der Waals surface area contributed by atoms with Gasteiger partial charge in [0.25, 0.3) is 5.91 Å². The van der Waals surface area contributed by atoms with Crippen LogP contribution in [-0.4, -0.2) is 42.9 Å². The van der Waals surface area contributed by atoms with E-state index in [-0.39, 0.29) is 11.8 Å². The van der Waals surface area contributed by atoms with E-state index in [1.54, 1.807) is 24.3 Å². The van der Waals surface area contributed by atoms with Crippen LogP contribution in [0.4, 0.5) is 11.4 Å². The van der Waals surface area contributed by atoms with Crippen molar-refractivity contribution in [2.45, 2.75) is 19.8 Å². The summed E-state index contributed by atoms with van der Waals surface area (Å²) in [7, 11) is 0. The van der Waals surface area contributed by atoms with Crippen molar-refractivity contribution in [3.05, 3.63) is 55.6 Å². The zero-order chi connectivity index (χ0) is 21.0. The van der Waals surface area contributed by atoms with Crippen molar-refractivity contribution in [1.82, 2.24) is 4.90 Å². The van der Waals surface area contributed by atoms with E-state index in [0.717, 1.165) is 15.7 Å². The highest BCUT2D eigenvalue weighted by molar-refractivity contribution is 14.1. The van der Waals surface area contributed by atoms with Gasteiger partial charge in [0.2, 0.25) is 5.91 Å². The Morgan fingerprint density at radius 3 is 2.48 bits per heavy atom. The molecule has 2 aromatic carbocycles. The Bertz CT molecular complexity index is 915. The molecule has 154 valence electrons. The number of hydrogen-bond acceptors (Lipinski definition) is 3. The number of nitrogens with zero attached hydrogens (tertiary/aromatic N) is 2. The van der Waals surface area contributed by atoms with E-state index in [9.17, 15) is 9.59 Å². The number of benzene rings is 2. The zero-order valence-electron chi connectivity index (χ0n) is 16.1. The molecule has 8 heteroatoms. The molecule has 1 N–H and O–H groups in total. The molecule has 0 aliphatic carbocycles. The van der Waals surface area contributed by atoms with Crippen molar-refractivity contribution in [2.75, 3.05) is 36.4 Å². The standard InChI is InChI=1S/C21H22Cl2IN3O2/c1-2-3-20(28)27-10-8-26(9-11-27)19-7-4-14(22)12-18(19)25-21(29)16-13-15(24)5-6-17(16)23/h4-7,12-13H,2-3,8-11H2,1H3,(H,25,29). The van der Waals surface area contributed by atoms with E-state index in [2.05, 4.69) is 32.8 Å². The maximum atomic E-state index is 12.8. The first-order valence-corrected chi connectivity index (χ1v) is 11.3. The van der Waals surface area contributed by atoms with Gasteiger partial charge in [0, 0.05) is 41.2 Å². The Hall–Kier alpha value is -1.51. The van der Waals surface area contributed by atoms with Crippen LogP contribution in [0.1, 0.15) is 30.1 Å². The van der Waals surface area contributed by atoms with Crippen LogP contribution >= 0.6 is 45.8 Å². The Morgan fingerprint density at radius 2 is 1.79 bits per heavy atom. The molecule has 1 aliphatic rings. The third-order valence-corrected chi connectivity index (χ3v) is 6.05. The molecule has 3 rings (SSSR count). The fourth-order valence-corrected chi connectivity index (χ4v) is 4.18. The molecule has 0 aromatic heterocycles. The van der Waals surface area contributed by atoms with Crippen molar-refractivity contribution in [2.24, 2.45) is 0 Å². The largest absolute Gasteiger partial charge is 0.366 e. The Balaban J connectivity index is 1.78. The number of carbonyl (C=O) groups is 2. The van der Waals surface area contributed by atoms with Crippen molar-refractivity contribution in [1.29, 1.82) is 0 Å². The van der Waals surface area contributed by atoms with Crippen molar-refractivity contribution in [3.63, 3.8) is 0 Å². The average molecular weight is 546 g/mol. The van der Waals surface area contributed by atoms with Crippen LogP contribution in [0.3, 0.4) is 0 Å². The number of piperazine rings is 1. The summed E-state index contributed by atoms with van der Waals surface area (Å²) in [6.07, 6.45) is 1.44. The lowest BCUT2D eigenvalue weighted by Crippen LogP contribution is -2.48. The fourth-order valence-electron chi connectivity index (χ4n) is 3.31. The van der Waals surface area contributed by atoms with Gasteiger partial charge in [-0.25, -0.2) is 0 Å². The minimum absolute atomic E-state index is 0.199. The van der Waals surface area contributed by atoms with Gasteiger partial charge in [-0.1, -0.05) is 30.1 Å². The Labute approximate surface area is 194 Å². The van der Waals surface area contributed by atoms with Gasteiger partial charge < -0.3 is 15.1 Å². The lowest BCUT2D eigenvalue weighted by Gasteiger charge is -2.37. The number of carbonyl (C=O) groups excluding carboxylic acids is 2. The SMILES string of the molecule is CCCC(=O)N1CCN(c2ccc(Cl)cc2NC(=O)c2cc(I)ccc2Cl)CC1. The summed E-state index contributed by atoms with van der Waals surface area (Å²) in [5.74, 6) is -0.0844. The van der Waals surface area contributed by atoms with Crippen molar-refractivity contribution >= 4 is 69.0 Å². The highest BCUT2D eigenvalue weighted by atomic mass is 127. The van der Waals surface area contributed by atoms with Gasteiger partial charge >= 0.3 is 0 Å². The van der Waals surface area contributed by atoms with E-state index in [0.29, 0.717) is 53.9 Å². The summed E-state index contributed by atoms with van der Waals surface area (Å²) >= 11 is 14.5. The van der Waals surface area contributed by atoms with Gasteiger partial charge in [-0.15, -0.1) is 0 Å². The Morgan fingerprint density at radius 1 is 1.07 bits per heavy atom. The molecule has 1 aliphatic heterocycles. The molecule has 0 saturated carbocycles. The summed E-state index contributed by atoms with van der Waals surface area (Å²) < 4.78 is 0.927. The number of anilines is 2. The van der Waals surface area contributed by atoms with Gasteiger partial charge in [0.05, 0.1) is 22.0 Å².